The van der Waals surface area contributed by atoms with Gasteiger partial charge in [-0.15, -0.1) is 12.4 Å². The normalized spacial score (nSPS) is 28.3. The number of benzene rings is 3. The second-order valence-electron chi connectivity index (χ2n) is 11.3. The van der Waals surface area contributed by atoms with E-state index in [0.29, 0.717) is 32.3 Å². The van der Waals surface area contributed by atoms with Crippen molar-refractivity contribution in [2.24, 2.45) is 5.92 Å². The molecule has 2 heterocycles. The van der Waals surface area contributed by atoms with E-state index in [2.05, 4.69) is 54.0 Å². The highest BCUT2D eigenvalue weighted by Crippen LogP contribution is 2.25. The summed E-state index contributed by atoms with van der Waals surface area (Å²) in [5.41, 5.74) is 3.52. The predicted molar refractivity (Wildman–Crippen MR) is 171 cm³/mol. The van der Waals surface area contributed by atoms with Crippen molar-refractivity contribution in [3.8, 4) is 0 Å². The van der Waals surface area contributed by atoms with Gasteiger partial charge in [0.1, 0.15) is 12.2 Å². The fourth-order valence-corrected chi connectivity index (χ4v) is 5.31. The summed E-state index contributed by atoms with van der Waals surface area (Å²) in [5.74, 6) is 0.338. The Hall–Kier alpha value is -2.41. The predicted octanol–water partition coefficient (Wildman–Crippen LogP) is 2.44. The van der Waals surface area contributed by atoms with Gasteiger partial charge in [-0.2, -0.15) is 0 Å². The summed E-state index contributed by atoms with van der Waals surface area (Å²) < 4.78 is 19.0. The van der Waals surface area contributed by atoms with Crippen LogP contribution in [0.15, 0.2) is 91.0 Å². The molecule has 5 rings (SSSR count). The number of piperidine rings is 2. The largest absolute Gasteiger partial charge is 0.395 e. The summed E-state index contributed by atoms with van der Waals surface area (Å²) >= 11 is 0. The Morgan fingerprint density at radius 3 is 1.64 bits per heavy atom. The maximum atomic E-state index is 9.18. The SMILES string of the molecule is C[C@H]1CN[C@H](COCc2ccccc2)[C@@H](OCc2ccccc2)[C@@H]1OCc1ccccc1.Cl.OC[C@H]1NC[C@H](O)[C@@H](O)[C@@H]1O. The van der Waals surface area contributed by atoms with Crippen LogP contribution in [0.5, 0.6) is 0 Å². The van der Waals surface area contributed by atoms with Crippen molar-refractivity contribution in [1.82, 2.24) is 10.6 Å². The topological polar surface area (TPSA) is 133 Å². The first-order chi connectivity index (χ1) is 21.0. The van der Waals surface area contributed by atoms with Gasteiger partial charge in [0.2, 0.25) is 0 Å². The van der Waals surface area contributed by atoms with E-state index in [-0.39, 0.29) is 43.8 Å². The first kappa shape index (κ1) is 36.1. The lowest BCUT2D eigenvalue weighted by Crippen LogP contribution is -2.60. The lowest BCUT2D eigenvalue weighted by atomic mass is 9.90. The van der Waals surface area contributed by atoms with Gasteiger partial charge in [-0.05, 0) is 22.6 Å². The number of β-amino-alcohol motifs (C(OH)–C–C–N with tert-alkyl or cyclic N) is 1. The molecule has 8 atom stereocenters. The molecule has 2 saturated heterocycles. The Balaban J connectivity index is 0.000000374. The van der Waals surface area contributed by atoms with Crippen molar-refractivity contribution < 1.29 is 34.6 Å². The zero-order valence-corrected chi connectivity index (χ0v) is 26.0. The van der Waals surface area contributed by atoms with Crippen LogP contribution in [0.2, 0.25) is 0 Å². The number of aliphatic hydroxyl groups is 4. The summed E-state index contributed by atoms with van der Waals surface area (Å²) in [6.45, 7) is 5.36. The molecule has 0 bridgehead atoms. The Kier molecular flexibility index (Phi) is 15.7. The molecule has 2 fully saturated rings. The number of aliphatic hydroxyl groups excluding tert-OH is 4. The summed E-state index contributed by atoms with van der Waals surface area (Å²) in [6.07, 6.45) is -3.31. The molecule has 44 heavy (non-hydrogen) atoms. The van der Waals surface area contributed by atoms with E-state index in [1.54, 1.807) is 0 Å². The standard InChI is InChI=1S/C28H33NO3.C6H13NO4.ClH/c1-22-17-29-26(21-30-18-23-11-5-2-6-12-23)28(32-20-25-15-9-4-10-16-25)27(22)31-19-24-13-7-3-8-14-24;8-2-3-5(10)6(11)4(9)1-7-3;/h2-16,22,26-29H,17-21H2,1H3;3-11H,1-2H2;1H/t22-,26+,27+,28+;3-,4+,5-,6-;/m01./s1. The van der Waals surface area contributed by atoms with E-state index in [0.717, 1.165) is 12.1 Å². The molecule has 242 valence electrons. The lowest BCUT2D eigenvalue weighted by Gasteiger charge is -2.42. The second-order valence-corrected chi connectivity index (χ2v) is 11.3. The first-order valence-electron chi connectivity index (χ1n) is 15.0. The van der Waals surface area contributed by atoms with Crippen LogP contribution in [0.25, 0.3) is 0 Å². The molecule has 0 radical (unpaired) electrons. The summed E-state index contributed by atoms with van der Waals surface area (Å²) in [5, 5.41) is 42.3. The number of hydrogen-bond acceptors (Lipinski definition) is 9. The van der Waals surface area contributed by atoms with Crippen LogP contribution in [0.3, 0.4) is 0 Å². The van der Waals surface area contributed by atoms with Gasteiger partial charge in [-0.3, -0.25) is 0 Å². The van der Waals surface area contributed by atoms with Crippen LogP contribution < -0.4 is 10.6 Å². The average Bonchev–Trinajstić information content (AvgIpc) is 3.05. The van der Waals surface area contributed by atoms with Crippen molar-refractivity contribution in [1.29, 1.82) is 0 Å². The highest BCUT2D eigenvalue weighted by molar-refractivity contribution is 5.85. The minimum atomic E-state index is -1.16. The number of ether oxygens (including phenoxy) is 3. The second kappa shape index (κ2) is 19.2. The number of nitrogens with one attached hydrogen (secondary N) is 2. The summed E-state index contributed by atoms with van der Waals surface area (Å²) in [4.78, 5) is 0. The first-order valence-corrected chi connectivity index (χ1v) is 15.0. The van der Waals surface area contributed by atoms with Crippen molar-refractivity contribution in [3.05, 3.63) is 108 Å². The Labute approximate surface area is 266 Å². The van der Waals surface area contributed by atoms with E-state index in [4.69, 9.17) is 29.5 Å². The third-order valence-electron chi connectivity index (χ3n) is 7.91. The third-order valence-corrected chi connectivity index (χ3v) is 7.91. The summed E-state index contributed by atoms with van der Waals surface area (Å²) in [6, 6.07) is 30.5. The van der Waals surface area contributed by atoms with Gasteiger partial charge in [0, 0.05) is 13.1 Å². The Morgan fingerprint density at radius 1 is 0.636 bits per heavy atom. The maximum absolute atomic E-state index is 9.18. The van der Waals surface area contributed by atoms with Gasteiger partial charge in [-0.1, -0.05) is 97.9 Å². The molecule has 0 aliphatic carbocycles. The van der Waals surface area contributed by atoms with E-state index in [1.807, 2.05) is 54.6 Å². The molecule has 2 aliphatic rings. The van der Waals surface area contributed by atoms with E-state index < -0.39 is 24.4 Å². The zero-order chi connectivity index (χ0) is 30.4. The Bertz CT molecular complexity index is 1160. The highest BCUT2D eigenvalue weighted by Gasteiger charge is 2.39. The van der Waals surface area contributed by atoms with Gasteiger partial charge < -0.3 is 45.3 Å². The molecule has 9 nitrogen and oxygen atoms in total. The minimum Gasteiger partial charge on any atom is -0.395 e. The summed E-state index contributed by atoms with van der Waals surface area (Å²) in [7, 11) is 0. The molecule has 3 aromatic rings. The minimum absolute atomic E-state index is 0. The van der Waals surface area contributed by atoms with Gasteiger partial charge in [-0.25, -0.2) is 0 Å². The van der Waals surface area contributed by atoms with E-state index in [9.17, 15) is 5.11 Å². The smallest absolute Gasteiger partial charge is 0.109 e. The highest BCUT2D eigenvalue weighted by atomic mass is 35.5. The molecule has 0 aromatic heterocycles. The molecule has 2 aliphatic heterocycles. The monoisotopic (exact) mass is 630 g/mol. The molecule has 10 heteroatoms. The quantitative estimate of drug-likeness (QED) is 0.189. The lowest BCUT2D eigenvalue weighted by molar-refractivity contribution is -0.143. The molecular formula is C34H47ClN2O7. The fourth-order valence-electron chi connectivity index (χ4n) is 5.31. The van der Waals surface area contributed by atoms with E-state index >= 15 is 0 Å². The molecule has 0 amide bonds. The van der Waals surface area contributed by atoms with Gasteiger partial charge >= 0.3 is 0 Å². The molecule has 0 saturated carbocycles. The van der Waals surface area contributed by atoms with Crippen molar-refractivity contribution >= 4 is 12.4 Å². The molecule has 0 unspecified atom stereocenters. The van der Waals surface area contributed by atoms with Gasteiger partial charge in [0.15, 0.2) is 0 Å². The third kappa shape index (κ3) is 10.9. The maximum Gasteiger partial charge on any atom is 0.109 e. The van der Waals surface area contributed by atoms with Crippen LogP contribution in [-0.2, 0) is 34.0 Å². The van der Waals surface area contributed by atoms with Crippen LogP contribution in [0.1, 0.15) is 23.6 Å². The molecule has 3 aromatic carbocycles. The zero-order valence-electron chi connectivity index (χ0n) is 25.2. The van der Waals surface area contributed by atoms with E-state index in [1.165, 1.54) is 11.1 Å². The molecule has 6 N–H and O–H groups in total. The van der Waals surface area contributed by atoms with Gasteiger partial charge in [0.25, 0.3) is 0 Å². The van der Waals surface area contributed by atoms with Crippen LogP contribution >= 0.6 is 12.4 Å². The van der Waals surface area contributed by atoms with Gasteiger partial charge in [0.05, 0.1) is 63.4 Å². The van der Waals surface area contributed by atoms with Crippen molar-refractivity contribution in [2.45, 2.75) is 69.3 Å². The number of hydrogen-bond donors (Lipinski definition) is 6. The average molecular weight is 631 g/mol. The Morgan fingerprint density at radius 2 is 1.11 bits per heavy atom. The fraction of sp³-hybridized carbons (Fsp3) is 0.471. The molecular weight excluding hydrogens is 584 g/mol. The number of halogens is 1. The van der Waals surface area contributed by atoms with Crippen LogP contribution in [0.4, 0.5) is 0 Å². The van der Waals surface area contributed by atoms with Crippen LogP contribution in [-0.4, -0.2) is 89.3 Å². The van der Waals surface area contributed by atoms with Crippen LogP contribution in [0, 0.1) is 5.92 Å². The number of rotatable bonds is 11. The van der Waals surface area contributed by atoms with Crippen molar-refractivity contribution in [2.75, 3.05) is 26.3 Å². The molecule has 0 spiro atoms. The van der Waals surface area contributed by atoms with Crippen molar-refractivity contribution in [3.63, 3.8) is 0 Å².